The number of halogens is 1. The fraction of sp³-hybridized carbons (Fsp3) is 0.0417. The Bertz CT molecular complexity index is 1250. The average molecular weight is 449 g/mol. The number of fused-ring (bicyclic) bond motifs is 1. The van der Waals surface area contributed by atoms with Gasteiger partial charge in [0.2, 0.25) is 5.91 Å². The Labute approximate surface area is 187 Å². The first-order valence-electron chi connectivity index (χ1n) is 9.45. The summed E-state index contributed by atoms with van der Waals surface area (Å²) in [5.41, 5.74) is 4.17. The summed E-state index contributed by atoms with van der Waals surface area (Å²) in [5, 5.41) is 5.20. The van der Waals surface area contributed by atoms with Crippen LogP contribution in [-0.4, -0.2) is 18.1 Å². The highest BCUT2D eigenvalue weighted by Gasteiger charge is 2.18. The number of hydrazone groups is 1. The Kier molecular flexibility index (Phi) is 6.40. The van der Waals surface area contributed by atoms with E-state index in [1.807, 2.05) is 54.6 Å². The number of rotatable bonds is 6. The zero-order valence-corrected chi connectivity index (χ0v) is 17.8. The van der Waals surface area contributed by atoms with E-state index < -0.39 is 5.97 Å². The molecule has 0 aliphatic heterocycles. The second-order valence-electron chi connectivity index (χ2n) is 6.66. The largest absolute Gasteiger partial charge is 0.422 e. The van der Waals surface area contributed by atoms with Crippen LogP contribution in [-0.2, 0) is 11.2 Å². The molecular weight excluding hydrogens is 432 g/mol. The Balaban J connectivity index is 1.34. The van der Waals surface area contributed by atoms with E-state index >= 15 is 0 Å². The summed E-state index contributed by atoms with van der Waals surface area (Å²) in [6, 6.07) is 23.8. The molecule has 1 heterocycles. The van der Waals surface area contributed by atoms with Gasteiger partial charge in [0.05, 0.1) is 17.7 Å². The van der Waals surface area contributed by atoms with Gasteiger partial charge in [-0.25, -0.2) is 10.2 Å². The molecule has 0 aliphatic carbocycles. The van der Waals surface area contributed by atoms with Gasteiger partial charge in [-0.1, -0.05) is 60.1 Å². The molecule has 7 heteroatoms. The summed E-state index contributed by atoms with van der Waals surface area (Å²) in [6.45, 7) is 0. The van der Waals surface area contributed by atoms with Crippen molar-refractivity contribution < 1.29 is 14.3 Å². The SMILES string of the molecule is O=C(Cc1ccccc1)N/N=C/c1ccc(OC(=O)c2sc3ccccc3c2Cl)cc1. The molecule has 5 nitrogen and oxygen atoms in total. The zero-order chi connectivity index (χ0) is 21.6. The Morgan fingerprint density at radius 3 is 2.42 bits per heavy atom. The quantitative estimate of drug-likeness (QED) is 0.184. The van der Waals surface area contributed by atoms with Crippen molar-refractivity contribution in [1.82, 2.24) is 5.43 Å². The third kappa shape index (κ3) is 5.17. The maximum absolute atomic E-state index is 12.5. The standard InChI is InChI=1S/C24H17ClN2O3S/c25-22-19-8-4-5-9-20(19)31-23(22)24(29)30-18-12-10-17(11-13-18)15-26-27-21(28)14-16-6-2-1-3-7-16/h1-13,15H,14H2,(H,27,28)/b26-15+. The summed E-state index contributed by atoms with van der Waals surface area (Å²) in [5.74, 6) is -0.308. The minimum Gasteiger partial charge on any atom is -0.422 e. The van der Waals surface area contributed by atoms with Gasteiger partial charge in [-0.2, -0.15) is 5.10 Å². The number of ether oxygens (including phenoxy) is 1. The van der Waals surface area contributed by atoms with Crippen molar-refractivity contribution in [2.75, 3.05) is 0 Å². The molecule has 31 heavy (non-hydrogen) atoms. The Morgan fingerprint density at radius 1 is 0.968 bits per heavy atom. The summed E-state index contributed by atoms with van der Waals surface area (Å²) < 4.78 is 6.38. The van der Waals surface area contributed by atoms with Crippen LogP contribution < -0.4 is 10.2 Å². The molecule has 1 N–H and O–H groups in total. The lowest BCUT2D eigenvalue weighted by Crippen LogP contribution is -2.19. The molecule has 1 aromatic heterocycles. The number of carbonyl (C=O) groups is 2. The fourth-order valence-corrected chi connectivity index (χ4v) is 4.31. The number of amides is 1. The molecule has 0 saturated heterocycles. The third-order valence-corrected chi connectivity index (χ3v) is 6.08. The van der Waals surface area contributed by atoms with Crippen molar-refractivity contribution in [1.29, 1.82) is 0 Å². The molecule has 0 fully saturated rings. The van der Waals surface area contributed by atoms with Crippen molar-refractivity contribution in [3.8, 4) is 5.75 Å². The van der Waals surface area contributed by atoms with Gasteiger partial charge in [-0.3, -0.25) is 4.79 Å². The number of thiophene rings is 1. The van der Waals surface area contributed by atoms with Crippen molar-refractivity contribution in [3.63, 3.8) is 0 Å². The second-order valence-corrected chi connectivity index (χ2v) is 8.09. The van der Waals surface area contributed by atoms with E-state index in [1.54, 1.807) is 24.3 Å². The van der Waals surface area contributed by atoms with Crippen LogP contribution in [0.3, 0.4) is 0 Å². The smallest absolute Gasteiger partial charge is 0.355 e. The lowest BCUT2D eigenvalue weighted by molar-refractivity contribution is -0.120. The van der Waals surface area contributed by atoms with Gasteiger partial charge < -0.3 is 4.74 Å². The van der Waals surface area contributed by atoms with Gasteiger partial charge in [0.25, 0.3) is 0 Å². The van der Waals surface area contributed by atoms with Crippen LogP contribution in [0, 0.1) is 0 Å². The Morgan fingerprint density at radius 2 is 1.68 bits per heavy atom. The van der Waals surface area contributed by atoms with E-state index in [2.05, 4.69) is 10.5 Å². The van der Waals surface area contributed by atoms with Crippen LogP contribution in [0.25, 0.3) is 10.1 Å². The first kappa shape index (κ1) is 20.8. The monoisotopic (exact) mass is 448 g/mol. The number of hydrogen-bond donors (Lipinski definition) is 1. The summed E-state index contributed by atoms with van der Waals surface area (Å²) in [4.78, 5) is 24.8. The molecule has 4 rings (SSSR count). The molecule has 0 atom stereocenters. The van der Waals surface area contributed by atoms with E-state index in [-0.39, 0.29) is 12.3 Å². The van der Waals surface area contributed by atoms with Gasteiger partial charge in [-0.15, -0.1) is 11.3 Å². The first-order valence-corrected chi connectivity index (χ1v) is 10.6. The predicted octanol–water partition coefficient (Wildman–Crippen LogP) is 5.47. The number of esters is 1. The van der Waals surface area contributed by atoms with E-state index in [9.17, 15) is 9.59 Å². The number of carbonyl (C=O) groups excluding carboxylic acids is 2. The van der Waals surface area contributed by atoms with Gasteiger partial charge in [-0.05, 0) is 41.5 Å². The summed E-state index contributed by atoms with van der Waals surface area (Å²) >= 11 is 7.64. The minimum absolute atomic E-state index is 0.201. The van der Waals surface area contributed by atoms with Gasteiger partial charge in [0, 0.05) is 10.1 Å². The lowest BCUT2D eigenvalue weighted by Gasteiger charge is -2.03. The van der Waals surface area contributed by atoms with Crippen LogP contribution in [0.5, 0.6) is 5.75 Å². The van der Waals surface area contributed by atoms with Crippen LogP contribution in [0.4, 0.5) is 0 Å². The van der Waals surface area contributed by atoms with E-state index in [0.29, 0.717) is 15.6 Å². The zero-order valence-electron chi connectivity index (χ0n) is 16.2. The highest BCUT2D eigenvalue weighted by atomic mass is 35.5. The number of hydrogen-bond acceptors (Lipinski definition) is 5. The number of benzene rings is 3. The molecule has 0 radical (unpaired) electrons. The van der Waals surface area contributed by atoms with Crippen molar-refractivity contribution in [2.45, 2.75) is 6.42 Å². The van der Waals surface area contributed by atoms with Crippen molar-refractivity contribution in [2.24, 2.45) is 5.10 Å². The maximum Gasteiger partial charge on any atom is 0.355 e. The normalized spacial score (nSPS) is 11.0. The van der Waals surface area contributed by atoms with Crippen LogP contribution in [0.15, 0.2) is 84.0 Å². The van der Waals surface area contributed by atoms with Crippen molar-refractivity contribution >= 4 is 51.1 Å². The highest BCUT2D eigenvalue weighted by Crippen LogP contribution is 2.35. The predicted molar refractivity (Wildman–Crippen MR) is 124 cm³/mol. The first-order chi connectivity index (χ1) is 15.1. The third-order valence-electron chi connectivity index (χ3n) is 4.42. The molecule has 1 amide bonds. The number of nitrogens with zero attached hydrogens (tertiary/aromatic N) is 1. The molecule has 0 bridgehead atoms. The average Bonchev–Trinajstić information content (AvgIpc) is 3.12. The molecule has 0 unspecified atom stereocenters. The van der Waals surface area contributed by atoms with E-state index in [0.717, 1.165) is 21.2 Å². The molecule has 3 aromatic carbocycles. The lowest BCUT2D eigenvalue weighted by atomic mass is 10.1. The topological polar surface area (TPSA) is 67.8 Å². The van der Waals surface area contributed by atoms with Gasteiger partial charge in [0.15, 0.2) is 0 Å². The van der Waals surface area contributed by atoms with Crippen LogP contribution in [0.1, 0.15) is 20.8 Å². The summed E-state index contributed by atoms with van der Waals surface area (Å²) in [6.07, 6.45) is 1.78. The van der Waals surface area contributed by atoms with Gasteiger partial charge >= 0.3 is 5.97 Å². The summed E-state index contributed by atoms with van der Waals surface area (Å²) in [7, 11) is 0. The van der Waals surface area contributed by atoms with Crippen LogP contribution >= 0.6 is 22.9 Å². The molecule has 154 valence electrons. The molecule has 0 saturated carbocycles. The minimum atomic E-state index is -0.499. The second kappa shape index (κ2) is 9.55. The van der Waals surface area contributed by atoms with Crippen LogP contribution in [0.2, 0.25) is 5.02 Å². The molecule has 4 aromatic rings. The van der Waals surface area contributed by atoms with Gasteiger partial charge in [0.1, 0.15) is 10.6 Å². The molecular formula is C24H17ClN2O3S. The fourth-order valence-electron chi connectivity index (χ4n) is 2.92. The van der Waals surface area contributed by atoms with E-state index in [4.69, 9.17) is 16.3 Å². The van der Waals surface area contributed by atoms with E-state index in [1.165, 1.54) is 17.6 Å². The molecule has 0 aliphatic rings. The van der Waals surface area contributed by atoms with Crippen molar-refractivity contribution in [3.05, 3.63) is 99.9 Å². The number of nitrogens with one attached hydrogen (secondary N) is 1. The molecule has 0 spiro atoms. The highest BCUT2D eigenvalue weighted by molar-refractivity contribution is 7.21. The Hall–Kier alpha value is -3.48. The maximum atomic E-state index is 12.5.